The maximum Gasteiger partial charge on any atom is 0.407 e. The summed E-state index contributed by atoms with van der Waals surface area (Å²) < 4.78 is 11.4. The number of alkyl carbamates (subject to hydrolysis) is 1. The van der Waals surface area contributed by atoms with Crippen molar-refractivity contribution in [2.45, 2.75) is 228 Å². The zero-order valence-electron chi connectivity index (χ0n) is 40.6. The van der Waals surface area contributed by atoms with Crippen molar-refractivity contribution in [2.75, 3.05) is 19.7 Å². The van der Waals surface area contributed by atoms with Crippen LogP contribution in [0.5, 0.6) is 0 Å². The number of allylic oxidation sites excluding steroid dienone is 1. The van der Waals surface area contributed by atoms with Gasteiger partial charge in [-0.25, -0.2) is 10.3 Å². The fourth-order valence-electron chi connectivity index (χ4n) is 11.4. The molecule has 0 aromatic carbocycles. The van der Waals surface area contributed by atoms with E-state index in [1.807, 2.05) is 51.9 Å². The number of hydrogen-bond acceptors (Lipinski definition) is 8. The SMILES string of the molecule is CC(C)CCCCC1CCC2C3CC=C4CC(OC(=O)CCC(=O)N(CCCO)CCCCCCCC(C)NC(=O)OC(C)(C)C)CCC4(C)C3CCC12C.CC(C)NO.[Y]. The van der Waals surface area contributed by atoms with Gasteiger partial charge in [0.15, 0.2) is 0 Å². The monoisotopic (exact) mass is 935 g/mol. The molecule has 2 amide bonds. The number of nitrogens with one attached hydrogen (secondary N) is 2. The van der Waals surface area contributed by atoms with Gasteiger partial charge < -0.3 is 30.0 Å². The van der Waals surface area contributed by atoms with E-state index in [1.54, 1.807) is 0 Å². The maximum absolute atomic E-state index is 13.2. The zero-order chi connectivity index (χ0) is 44.5. The summed E-state index contributed by atoms with van der Waals surface area (Å²) in [5, 5.41) is 20.2. The molecule has 0 aliphatic heterocycles. The molecule has 3 saturated carbocycles. The molecular weight excluding hydrogens is 843 g/mol. The topological polar surface area (TPSA) is 137 Å². The average Bonchev–Trinajstić information content (AvgIpc) is 3.51. The molecule has 11 heteroatoms. The van der Waals surface area contributed by atoms with Crippen molar-refractivity contribution in [2.24, 2.45) is 40.4 Å². The third-order valence-electron chi connectivity index (χ3n) is 14.7. The van der Waals surface area contributed by atoms with Gasteiger partial charge in [0.1, 0.15) is 11.7 Å². The van der Waals surface area contributed by atoms with Crippen molar-refractivity contribution in [1.29, 1.82) is 0 Å². The molecule has 0 saturated heterocycles. The largest absolute Gasteiger partial charge is 0.462 e. The molecule has 0 bridgehead atoms. The molecule has 8 atom stereocenters. The van der Waals surface area contributed by atoms with Crippen LogP contribution in [-0.4, -0.2) is 76.7 Å². The summed E-state index contributed by atoms with van der Waals surface area (Å²) in [4.78, 5) is 40.1. The Morgan fingerprint density at radius 1 is 0.852 bits per heavy atom. The van der Waals surface area contributed by atoms with Crippen LogP contribution in [0.15, 0.2) is 11.6 Å². The van der Waals surface area contributed by atoms with Crippen LogP contribution in [0, 0.1) is 40.4 Å². The number of nitrogens with zero attached hydrogens (tertiary/aromatic N) is 1. The quantitative estimate of drug-likeness (QED) is 0.0365. The number of aliphatic hydroxyl groups is 1. The van der Waals surface area contributed by atoms with Gasteiger partial charge in [-0.05, 0) is 153 Å². The van der Waals surface area contributed by atoms with Gasteiger partial charge in [0, 0.05) is 77.3 Å². The van der Waals surface area contributed by atoms with Crippen LogP contribution in [0.1, 0.15) is 204 Å². The van der Waals surface area contributed by atoms with E-state index in [9.17, 15) is 19.5 Å². The normalized spacial score (nSPS) is 27.3. The van der Waals surface area contributed by atoms with Crippen molar-refractivity contribution in [3.8, 4) is 0 Å². The summed E-state index contributed by atoms with van der Waals surface area (Å²) in [6.07, 6.45) is 24.1. The van der Waals surface area contributed by atoms with E-state index in [2.05, 4.69) is 39.1 Å². The van der Waals surface area contributed by atoms with Crippen LogP contribution in [-0.2, 0) is 51.8 Å². The third kappa shape index (κ3) is 18.4. The van der Waals surface area contributed by atoms with Crippen LogP contribution in [0.25, 0.3) is 0 Å². The summed E-state index contributed by atoms with van der Waals surface area (Å²) in [5.41, 5.74) is 3.80. The molecule has 0 aromatic heterocycles. The number of carbonyl (C=O) groups is 3. The number of unbranched alkanes of at least 4 members (excludes halogenated alkanes) is 5. The number of carbonyl (C=O) groups excluding carboxylic acids is 3. The fraction of sp³-hybridized carbons (Fsp3) is 0.900. The number of amides is 2. The van der Waals surface area contributed by atoms with Crippen molar-refractivity contribution in [1.82, 2.24) is 15.7 Å². The Balaban J connectivity index is 0.00000201. The number of hydrogen-bond donors (Lipinski definition) is 4. The number of fused-ring (bicyclic) bond motifs is 5. The van der Waals surface area contributed by atoms with Gasteiger partial charge >= 0.3 is 12.1 Å². The smallest absolute Gasteiger partial charge is 0.407 e. The van der Waals surface area contributed by atoms with Gasteiger partial charge in [0.25, 0.3) is 0 Å². The molecule has 8 unspecified atom stereocenters. The van der Waals surface area contributed by atoms with E-state index in [4.69, 9.17) is 14.7 Å². The molecule has 4 aliphatic carbocycles. The van der Waals surface area contributed by atoms with E-state index in [0.29, 0.717) is 24.9 Å². The van der Waals surface area contributed by atoms with Gasteiger partial charge in [-0.3, -0.25) is 9.59 Å². The second-order valence-electron chi connectivity index (χ2n) is 21.5. The number of esters is 1. The molecule has 0 spiro atoms. The number of rotatable bonds is 22. The van der Waals surface area contributed by atoms with E-state index in [1.165, 1.54) is 63.4 Å². The Kier molecular flexibility index (Phi) is 25.2. The first-order valence-electron chi connectivity index (χ1n) is 24.5. The minimum atomic E-state index is -0.501. The molecular formula is C50H91N3O7Y. The first kappa shape index (κ1) is 56.1. The molecule has 3 fully saturated rings. The Hall–Kier alpha value is -1.07. The summed E-state index contributed by atoms with van der Waals surface area (Å²) in [6, 6.07) is 0.251. The minimum absolute atomic E-state index is 0. The Labute approximate surface area is 397 Å². The molecule has 351 valence electrons. The second-order valence-corrected chi connectivity index (χ2v) is 21.5. The molecule has 1 radical (unpaired) electrons. The van der Waals surface area contributed by atoms with Gasteiger partial charge in [-0.15, -0.1) is 0 Å². The molecule has 0 aromatic rings. The Bertz CT molecular complexity index is 1340. The maximum atomic E-state index is 13.2. The van der Waals surface area contributed by atoms with Crippen molar-refractivity contribution < 1.29 is 66.9 Å². The summed E-state index contributed by atoms with van der Waals surface area (Å²) >= 11 is 0. The van der Waals surface area contributed by atoms with E-state index in [-0.39, 0.29) is 93.7 Å². The van der Waals surface area contributed by atoms with Crippen LogP contribution >= 0.6 is 0 Å². The van der Waals surface area contributed by atoms with Crippen LogP contribution in [0.3, 0.4) is 0 Å². The predicted octanol–water partition coefficient (Wildman–Crippen LogP) is 11.3. The van der Waals surface area contributed by atoms with Gasteiger partial charge in [-0.2, -0.15) is 0 Å². The predicted molar refractivity (Wildman–Crippen MR) is 242 cm³/mol. The van der Waals surface area contributed by atoms with E-state index >= 15 is 0 Å². The van der Waals surface area contributed by atoms with Crippen LogP contribution in [0.2, 0.25) is 0 Å². The number of aliphatic hydroxyl groups excluding tert-OH is 1. The third-order valence-corrected chi connectivity index (χ3v) is 14.7. The number of ether oxygens (including phenoxy) is 2. The molecule has 10 nitrogen and oxygen atoms in total. The average molecular weight is 935 g/mol. The Morgan fingerprint density at radius 3 is 2.16 bits per heavy atom. The van der Waals surface area contributed by atoms with Crippen molar-refractivity contribution in [3.63, 3.8) is 0 Å². The van der Waals surface area contributed by atoms with Gasteiger partial charge in [0.05, 0.1) is 6.42 Å². The molecule has 4 N–H and O–H groups in total. The summed E-state index contributed by atoms with van der Waals surface area (Å²) in [7, 11) is 0. The van der Waals surface area contributed by atoms with Crippen molar-refractivity contribution in [3.05, 3.63) is 11.6 Å². The first-order chi connectivity index (χ1) is 28.3. The summed E-state index contributed by atoms with van der Waals surface area (Å²) in [5.74, 6) is 3.84. The molecule has 0 heterocycles. The van der Waals surface area contributed by atoms with Crippen LogP contribution in [0.4, 0.5) is 4.79 Å². The zero-order valence-corrected chi connectivity index (χ0v) is 43.5. The molecule has 4 aliphatic rings. The fourth-order valence-corrected chi connectivity index (χ4v) is 11.4. The molecule has 4 rings (SSSR count). The molecule has 61 heavy (non-hydrogen) atoms. The van der Waals surface area contributed by atoms with E-state index in [0.717, 1.165) is 87.4 Å². The second kappa shape index (κ2) is 27.4. The van der Waals surface area contributed by atoms with Gasteiger partial charge in [0.2, 0.25) is 5.91 Å². The standard InChI is InChI=1S/C47H82N2O6.C3H9NO.Y/c1-34(2)17-13-14-19-36-21-23-40-39-22-20-37-33-38(26-28-47(37,8)41(39)27-29-46(36,40)7)54-43(52)25-24-42(51)49(31-16-32-50)30-15-11-9-10-12-18-35(3)48-44(53)55-45(4,5)6;1-3(2)4-5;/h20,34-36,38-41,50H,9-19,21-33H2,1-8H3,(H,48,53);3-5H,1-2H3;. The first-order valence-corrected chi connectivity index (χ1v) is 24.5. The number of hydroxylamine groups is 1. The summed E-state index contributed by atoms with van der Waals surface area (Å²) in [6.45, 7) is 22.4. The minimum Gasteiger partial charge on any atom is -0.462 e. The van der Waals surface area contributed by atoms with Crippen molar-refractivity contribution >= 4 is 18.0 Å². The van der Waals surface area contributed by atoms with Gasteiger partial charge in [-0.1, -0.05) is 84.3 Å². The Morgan fingerprint density at radius 2 is 1.51 bits per heavy atom. The van der Waals surface area contributed by atoms with Crippen LogP contribution < -0.4 is 10.8 Å². The van der Waals surface area contributed by atoms with E-state index < -0.39 is 5.60 Å².